The van der Waals surface area contributed by atoms with Crippen LogP contribution >= 0.6 is 11.6 Å². The first-order valence-electron chi connectivity index (χ1n) is 6.50. The van der Waals surface area contributed by atoms with E-state index in [9.17, 15) is 9.18 Å². The molecule has 0 fully saturated rings. The quantitative estimate of drug-likeness (QED) is 0.796. The maximum absolute atomic E-state index is 13.8. The molecule has 0 aliphatic heterocycles. The van der Waals surface area contributed by atoms with E-state index < -0.39 is 11.7 Å². The number of nitrogens with one attached hydrogen (secondary N) is 1. The first-order valence-corrected chi connectivity index (χ1v) is 6.88. The molecule has 0 radical (unpaired) electrons. The minimum Gasteiger partial charge on any atom is -0.319 e. The maximum atomic E-state index is 13.8. The van der Waals surface area contributed by atoms with E-state index in [2.05, 4.69) is 10.4 Å². The van der Waals surface area contributed by atoms with E-state index in [4.69, 9.17) is 11.6 Å². The summed E-state index contributed by atoms with van der Waals surface area (Å²) in [6.45, 7) is 0. The molecule has 1 N–H and O–H groups in total. The summed E-state index contributed by atoms with van der Waals surface area (Å²) in [5.41, 5.74) is 1.29. The molecule has 0 bridgehead atoms. The molecule has 0 unspecified atom stereocenters. The number of carbonyl (C=O) groups is 1. The third kappa shape index (κ3) is 2.84. The van der Waals surface area contributed by atoms with Crippen molar-refractivity contribution in [1.82, 2.24) is 9.78 Å². The van der Waals surface area contributed by atoms with Gasteiger partial charge in [-0.1, -0.05) is 17.7 Å². The van der Waals surface area contributed by atoms with Crippen LogP contribution in [0.4, 0.5) is 10.1 Å². The van der Waals surface area contributed by atoms with Crippen molar-refractivity contribution in [3.05, 3.63) is 77.3 Å². The van der Waals surface area contributed by atoms with Crippen molar-refractivity contribution >= 4 is 23.2 Å². The van der Waals surface area contributed by atoms with Crippen molar-refractivity contribution in [2.45, 2.75) is 0 Å². The van der Waals surface area contributed by atoms with Crippen LogP contribution < -0.4 is 5.32 Å². The summed E-state index contributed by atoms with van der Waals surface area (Å²) in [5, 5.41) is 6.57. The Labute approximate surface area is 131 Å². The summed E-state index contributed by atoms with van der Waals surface area (Å²) in [5.74, 6) is -1.06. The molecule has 0 atom stereocenters. The Morgan fingerprint density at radius 3 is 2.59 bits per heavy atom. The van der Waals surface area contributed by atoms with Crippen molar-refractivity contribution in [3.8, 4) is 5.69 Å². The van der Waals surface area contributed by atoms with Crippen LogP contribution in [0, 0.1) is 5.82 Å². The van der Waals surface area contributed by atoms with Crippen molar-refractivity contribution in [1.29, 1.82) is 0 Å². The van der Waals surface area contributed by atoms with Gasteiger partial charge in [-0.15, -0.1) is 0 Å². The first-order chi connectivity index (χ1) is 10.6. The third-order valence-corrected chi connectivity index (χ3v) is 3.39. The van der Waals surface area contributed by atoms with Gasteiger partial charge in [0.25, 0.3) is 5.91 Å². The maximum Gasteiger partial charge on any atom is 0.255 e. The Bertz CT molecular complexity index is 801. The van der Waals surface area contributed by atoms with Gasteiger partial charge in [0.05, 0.1) is 16.4 Å². The highest BCUT2D eigenvalue weighted by molar-refractivity contribution is 6.31. The third-order valence-electron chi connectivity index (χ3n) is 3.10. The van der Waals surface area contributed by atoms with Gasteiger partial charge in [-0.3, -0.25) is 4.79 Å². The topological polar surface area (TPSA) is 46.9 Å². The molecule has 1 aromatic heterocycles. The lowest BCUT2D eigenvalue weighted by Crippen LogP contribution is -2.13. The van der Waals surface area contributed by atoms with Crippen molar-refractivity contribution in [3.63, 3.8) is 0 Å². The van der Waals surface area contributed by atoms with Gasteiger partial charge in [0.1, 0.15) is 0 Å². The Morgan fingerprint density at radius 1 is 1.14 bits per heavy atom. The van der Waals surface area contributed by atoms with E-state index in [1.165, 1.54) is 12.1 Å². The van der Waals surface area contributed by atoms with Crippen LogP contribution in [0.1, 0.15) is 10.4 Å². The monoisotopic (exact) mass is 315 g/mol. The van der Waals surface area contributed by atoms with Crippen molar-refractivity contribution in [2.75, 3.05) is 5.32 Å². The van der Waals surface area contributed by atoms with Gasteiger partial charge in [0, 0.05) is 18.0 Å². The second-order valence-electron chi connectivity index (χ2n) is 4.55. The number of benzene rings is 2. The molecule has 3 aromatic rings. The Morgan fingerprint density at radius 2 is 1.91 bits per heavy atom. The minimum atomic E-state index is -0.648. The van der Waals surface area contributed by atoms with Crippen LogP contribution in [-0.4, -0.2) is 15.7 Å². The van der Waals surface area contributed by atoms with E-state index in [0.717, 1.165) is 5.69 Å². The van der Waals surface area contributed by atoms with Gasteiger partial charge in [-0.2, -0.15) is 5.10 Å². The molecule has 6 heteroatoms. The number of hydrogen-bond acceptors (Lipinski definition) is 2. The predicted molar refractivity (Wildman–Crippen MR) is 82.9 cm³/mol. The van der Waals surface area contributed by atoms with Crippen LogP contribution in [-0.2, 0) is 0 Å². The lowest BCUT2D eigenvalue weighted by Gasteiger charge is -2.08. The molecular formula is C16H11ClFN3O. The average molecular weight is 316 g/mol. The summed E-state index contributed by atoms with van der Waals surface area (Å²) in [6, 6.07) is 13.1. The molecular weight excluding hydrogens is 305 g/mol. The predicted octanol–water partition coefficient (Wildman–Crippen LogP) is 3.92. The number of rotatable bonds is 3. The summed E-state index contributed by atoms with van der Waals surface area (Å²) < 4.78 is 15.4. The SMILES string of the molecule is O=C(Nc1cccc(Cl)c1F)c1ccc(-n2cccn2)cc1. The van der Waals surface area contributed by atoms with Crippen molar-refractivity contribution < 1.29 is 9.18 Å². The van der Waals surface area contributed by atoms with Crippen LogP contribution in [0.25, 0.3) is 5.69 Å². The molecule has 0 aliphatic carbocycles. The number of aromatic nitrogens is 2. The molecule has 0 saturated heterocycles. The van der Waals surface area contributed by atoms with Gasteiger partial charge in [0.15, 0.2) is 5.82 Å². The lowest BCUT2D eigenvalue weighted by molar-refractivity contribution is 0.102. The second-order valence-corrected chi connectivity index (χ2v) is 4.96. The minimum absolute atomic E-state index is 0.0353. The van der Waals surface area contributed by atoms with E-state index in [0.29, 0.717) is 5.56 Å². The molecule has 1 heterocycles. The lowest BCUT2D eigenvalue weighted by atomic mass is 10.2. The molecule has 0 saturated carbocycles. The zero-order valence-electron chi connectivity index (χ0n) is 11.3. The number of amides is 1. The molecule has 4 nitrogen and oxygen atoms in total. The fourth-order valence-electron chi connectivity index (χ4n) is 1.98. The largest absolute Gasteiger partial charge is 0.319 e. The van der Waals surface area contributed by atoms with Crippen LogP contribution in [0.15, 0.2) is 60.9 Å². The molecule has 110 valence electrons. The highest BCUT2D eigenvalue weighted by atomic mass is 35.5. The van der Waals surface area contributed by atoms with E-state index in [-0.39, 0.29) is 10.7 Å². The zero-order valence-corrected chi connectivity index (χ0v) is 12.1. The first kappa shape index (κ1) is 14.3. The van der Waals surface area contributed by atoms with E-state index >= 15 is 0 Å². The Balaban J connectivity index is 1.79. The summed E-state index contributed by atoms with van der Waals surface area (Å²) >= 11 is 5.69. The van der Waals surface area contributed by atoms with E-state index in [1.807, 2.05) is 6.07 Å². The number of hydrogen-bond donors (Lipinski definition) is 1. The fraction of sp³-hybridized carbons (Fsp3) is 0. The van der Waals surface area contributed by atoms with Crippen LogP contribution in [0.3, 0.4) is 0 Å². The normalized spacial score (nSPS) is 10.5. The van der Waals surface area contributed by atoms with Crippen LogP contribution in [0.2, 0.25) is 5.02 Å². The zero-order chi connectivity index (χ0) is 15.5. The van der Waals surface area contributed by atoms with Crippen molar-refractivity contribution in [2.24, 2.45) is 0 Å². The highest BCUT2D eigenvalue weighted by Crippen LogP contribution is 2.22. The van der Waals surface area contributed by atoms with Gasteiger partial charge in [-0.25, -0.2) is 9.07 Å². The number of halogens is 2. The second kappa shape index (κ2) is 5.99. The Hall–Kier alpha value is -2.66. The smallest absolute Gasteiger partial charge is 0.255 e. The molecule has 2 aromatic carbocycles. The van der Waals surface area contributed by atoms with Gasteiger partial charge < -0.3 is 5.32 Å². The number of anilines is 1. The number of carbonyl (C=O) groups excluding carboxylic acids is 1. The molecule has 3 rings (SSSR count). The van der Waals surface area contributed by atoms with Crippen LogP contribution in [0.5, 0.6) is 0 Å². The van der Waals surface area contributed by atoms with Gasteiger partial charge >= 0.3 is 0 Å². The molecule has 0 aliphatic rings. The fourth-order valence-corrected chi connectivity index (χ4v) is 2.16. The summed E-state index contributed by atoms with van der Waals surface area (Å²) in [7, 11) is 0. The van der Waals surface area contributed by atoms with E-state index in [1.54, 1.807) is 47.4 Å². The molecule has 1 amide bonds. The molecule has 0 spiro atoms. The Kier molecular flexibility index (Phi) is 3.89. The standard InChI is InChI=1S/C16H11ClFN3O/c17-13-3-1-4-14(15(13)18)20-16(22)11-5-7-12(8-6-11)21-10-2-9-19-21/h1-10H,(H,20,22). The average Bonchev–Trinajstić information content (AvgIpc) is 3.06. The molecule has 22 heavy (non-hydrogen) atoms. The van der Waals surface area contributed by atoms with Gasteiger partial charge in [-0.05, 0) is 42.5 Å². The summed E-state index contributed by atoms with van der Waals surface area (Å²) in [6.07, 6.45) is 3.47. The highest BCUT2D eigenvalue weighted by Gasteiger charge is 2.11. The van der Waals surface area contributed by atoms with Gasteiger partial charge in [0.2, 0.25) is 0 Å². The number of nitrogens with zero attached hydrogens (tertiary/aromatic N) is 2. The summed E-state index contributed by atoms with van der Waals surface area (Å²) in [4.78, 5) is 12.1.